The largest absolute Gasteiger partial charge is 0.465 e. The minimum absolute atomic E-state index is 0.00373. The fraction of sp³-hybridized carbons (Fsp3) is 0.421. The van der Waals surface area contributed by atoms with Gasteiger partial charge in [0, 0.05) is 37.5 Å². The molecule has 0 aliphatic carbocycles. The highest BCUT2D eigenvalue weighted by atomic mass is 16.5. The van der Waals surface area contributed by atoms with Gasteiger partial charge in [0.25, 0.3) is 0 Å². The summed E-state index contributed by atoms with van der Waals surface area (Å²) in [6, 6.07) is 9.53. The van der Waals surface area contributed by atoms with Crippen molar-refractivity contribution in [1.82, 2.24) is 9.88 Å². The third-order valence-electron chi connectivity index (χ3n) is 4.49. The summed E-state index contributed by atoms with van der Waals surface area (Å²) in [5.74, 6) is 0.395. The normalized spacial score (nSPS) is 14.9. The number of piperazine rings is 1. The predicted octanol–water partition coefficient (Wildman–Crippen LogP) is 2.33. The Balaban J connectivity index is 1.90. The lowest BCUT2D eigenvalue weighted by Crippen LogP contribution is -2.50. The van der Waals surface area contributed by atoms with Crippen LogP contribution in [0.1, 0.15) is 24.2 Å². The number of methoxy groups -OCH3 is 1. The minimum atomic E-state index is -0.395. The number of anilines is 1. The summed E-state index contributed by atoms with van der Waals surface area (Å²) in [5.41, 5.74) is 1.30. The number of ether oxygens (including phenoxy) is 1. The van der Waals surface area contributed by atoms with E-state index in [1.165, 1.54) is 7.11 Å². The number of hydrogen-bond donors (Lipinski definition) is 0. The third-order valence-corrected chi connectivity index (χ3v) is 4.49. The molecule has 0 saturated carbocycles. The number of esters is 1. The zero-order chi connectivity index (χ0) is 18.0. The Labute approximate surface area is 147 Å². The quantitative estimate of drug-likeness (QED) is 0.802. The van der Waals surface area contributed by atoms with Crippen LogP contribution in [0.15, 0.2) is 30.3 Å². The van der Waals surface area contributed by atoms with Crippen LogP contribution in [0.4, 0.5) is 5.82 Å². The number of para-hydroxylation sites is 1. The lowest BCUT2D eigenvalue weighted by Gasteiger charge is -2.36. The van der Waals surface area contributed by atoms with Gasteiger partial charge in [0.2, 0.25) is 5.91 Å². The zero-order valence-corrected chi connectivity index (χ0v) is 14.9. The molecule has 132 valence electrons. The Hall–Kier alpha value is -2.63. The van der Waals surface area contributed by atoms with E-state index in [9.17, 15) is 9.59 Å². The Bertz CT molecular complexity index is 796. The van der Waals surface area contributed by atoms with Gasteiger partial charge >= 0.3 is 5.97 Å². The van der Waals surface area contributed by atoms with Gasteiger partial charge in [-0.3, -0.25) is 4.79 Å². The minimum Gasteiger partial charge on any atom is -0.465 e. The second-order valence-electron chi connectivity index (χ2n) is 6.51. The Morgan fingerprint density at radius 1 is 1.12 bits per heavy atom. The third kappa shape index (κ3) is 3.43. The predicted molar refractivity (Wildman–Crippen MR) is 96.7 cm³/mol. The van der Waals surface area contributed by atoms with Crippen molar-refractivity contribution < 1.29 is 14.3 Å². The number of aromatic nitrogens is 1. The van der Waals surface area contributed by atoms with Crippen LogP contribution < -0.4 is 4.90 Å². The van der Waals surface area contributed by atoms with Crippen LogP contribution >= 0.6 is 0 Å². The van der Waals surface area contributed by atoms with Crippen LogP contribution in [0.5, 0.6) is 0 Å². The highest BCUT2D eigenvalue weighted by Crippen LogP contribution is 2.25. The van der Waals surface area contributed by atoms with Crippen molar-refractivity contribution in [2.75, 3.05) is 38.2 Å². The van der Waals surface area contributed by atoms with Gasteiger partial charge in [-0.1, -0.05) is 32.0 Å². The van der Waals surface area contributed by atoms with E-state index in [4.69, 9.17) is 9.72 Å². The van der Waals surface area contributed by atoms with Gasteiger partial charge < -0.3 is 14.5 Å². The molecule has 2 aromatic rings. The molecule has 0 atom stereocenters. The first-order valence-corrected chi connectivity index (χ1v) is 8.53. The van der Waals surface area contributed by atoms with Gasteiger partial charge in [-0.05, 0) is 12.1 Å². The first-order valence-electron chi connectivity index (χ1n) is 8.53. The van der Waals surface area contributed by atoms with E-state index in [1.54, 1.807) is 0 Å². The molecule has 6 heteroatoms. The topological polar surface area (TPSA) is 62.7 Å². The van der Waals surface area contributed by atoms with Crippen molar-refractivity contribution in [3.8, 4) is 0 Å². The van der Waals surface area contributed by atoms with Crippen LogP contribution in [0.3, 0.4) is 0 Å². The van der Waals surface area contributed by atoms with Crippen LogP contribution in [0.2, 0.25) is 0 Å². The SMILES string of the molecule is COC(=O)c1cc2ccccc2nc1N1CCN(C(=O)C(C)C)CC1. The monoisotopic (exact) mass is 341 g/mol. The fourth-order valence-electron chi connectivity index (χ4n) is 3.11. The average Bonchev–Trinajstić information content (AvgIpc) is 2.65. The Morgan fingerprint density at radius 2 is 1.80 bits per heavy atom. The maximum absolute atomic E-state index is 12.2. The standard InChI is InChI=1S/C19H23N3O3/c1-13(2)18(23)22-10-8-21(9-11-22)17-15(19(24)25-3)12-14-6-4-5-7-16(14)20-17/h4-7,12-13H,8-11H2,1-3H3. The number of pyridine rings is 1. The van der Waals surface area contributed by atoms with Crippen molar-refractivity contribution in [2.45, 2.75) is 13.8 Å². The van der Waals surface area contributed by atoms with Crippen molar-refractivity contribution in [1.29, 1.82) is 0 Å². The Morgan fingerprint density at radius 3 is 2.44 bits per heavy atom. The van der Waals surface area contributed by atoms with E-state index in [-0.39, 0.29) is 11.8 Å². The van der Waals surface area contributed by atoms with Crippen LogP contribution in [0, 0.1) is 5.92 Å². The van der Waals surface area contributed by atoms with Gasteiger partial charge in [-0.15, -0.1) is 0 Å². The fourth-order valence-corrected chi connectivity index (χ4v) is 3.11. The van der Waals surface area contributed by atoms with Crippen LogP contribution in [-0.4, -0.2) is 55.0 Å². The maximum atomic E-state index is 12.2. The first-order chi connectivity index (χ1) is 12.0. The molecular weight excluding hydrogens is 318 g/mol. The van der Waals surface area contributed by atoms with Crippen LogP contribution in [-0.2, 0) is 9.53 Å². The molecule has 0 bridgehead atoms. The van der Waals surface area contributed by atoms with E-state index in [0.717, 1.165) is 10.9 Å². The molecule has 3 rings (SSSR count). The molecule has 1 fully saturated rings. The van der Waals surface area contributed by atoms with Gasteiger partial charge in [0.15, 0.2) is 0 Å². The van der Waals surface area contributed by atoms with E-state index in [0.29, 0.717) is 37.6 Å². The molecule has 1 aliphatic heterocycles. The molecular formula is C19H23N3O3. The highest BCUT2D eigenvalue weighted by Gasteiger charge is 2.26. The molecule has 1 aromatic carbocycles. The number of fused-ring (bicyclic) bond motifs is 1. The van der Waals surface area contributed by atoms with Gasteiger partial charge in [-0.2, -0.15) is 0 Å². The molecule has 0 radical (unpaired) electrons. The lowest BCUT2D eigenvalue weighted by molar-refractivity contribution is -0.134. The van der Waals surface area contributed by atoms with E-state index >= 15 is 0 Å². The smallest absolute Gasteiger partial charge is 0.341 e. The van der Waals surface area contributed by atoms with Crippen molar-refractivity contribution >= 4 is 28.6 Å². The van der Waals surface area contributed by atoms with E-state index < -0.39 is 5.97 Å². The number of carbonyl (C=O) groups is 2. The maximum Gasteiger partial charge on any atom is 0.341 e. The number of amides is 1. The molecule has 0 N–H and O–H groups in total. The summed E-state index contributed by atoms with van der Waals surface area (Å²) in [5, 5.41) is 0.903. The molecule has 25 heavy (non-hydrogen) atoms. The number of hydrogen-bond acceptors (Lipinski definition) is 5. The molecule has 2 heterocycles. The second-order valence-corrected chi connectivity index (χ2v) is 6.51. The lowest BCUT2D eigenvalue weighted by atomic mass is 10.1. The molecule has 1 aromatic heterocycles. The van der Waals surface area contributed by atoms with Gasteiger partial charge in [0.1, 0.15) is 11.4 Å². The van der Waals surface area contributed by atoms with Gasteiger partial charge in [0.05, 0.1) is 12.6 Å². The number of rotatable bonds is 3. The van der Waals surface area contributed by atoms with E-state index in [2.05, 4.69) is 4.90 Å². The number of benzene rings is 1. The molecule has 1 saturated heterocycles. The highest BCUT2D eigenvalue weighted by molar-refractivity contribution is 5.99. The summed E-state index contributed by atoms with van der Waals surface area (Å²) in [7, 11) is 1.38. The summed E-state index contributed by atoms with van der Waals surface area (Å²) < 4.78 is 4.94. The number of nitrogens with zero attached hydrogens (tertiary/aromatic N) is 3. The molecule has 1 aliphatic rings. The zero-order valence-electron chi connectivity index (χ0n) is 14.9. The van der Waals surface area contributed by atoms with Crippen LogP contribution in [0.25, 0.3) is 10.9 Å². The first kappa shape index (κ1) is 17.2. The second kappa shape index (κ2) is 7.09. The summed E-state index contributed by atoms with van der Waals surface area (Å²) in [6.07, 6.45) is 0. The van der Waals surface area contributed by atoms with Crippen molar-refractivity contribution in [3.63, 3.8) is 0 Å². The molecule has 1 amide bonds. The summed E-state index contributed by atoms with van der Waals surface area (Å²) >= 11 is 0. The van der Waals surface area contributed by atoms with Crippen molar-refractivity contribution in [2.24, 2.45) is 5.92 Å². The van der Waals surface area contributed by atoms with E-state index in [1.807, 2.05) is 49.1 Å². The summed E-state index contributed by atoms with van der Waals surface area (Å²) in [6.45, 7) is 6.38. The Kier molecular flexibility index (Phi) is 4.88. The molecule has 6 nitrogen and oxygen atoms in total. The average molecular weight is 341 g/mol. The molecule has 0 unspecified atom stereocenters. The number of carbonyl (C=O) groups excluding carboxylic acids is 2. The van der Waals surface area contributed by atoms with Gasteiger partial charge in [-0.25, -0.2) is 9.78 Å². The summed E-state index contributed by atoms with van der Waals surface area (Å²) in [4.78, 5) is 33.0. The van der Waals surface area contributed by atoms with Crippen molar-refractivity contribution in [3.05, 3.63) is 35.9 Å². The molecule has 0 spiro atoms.